The van der Waals surface area contributed by atoms with Gasteiger partial charge in [-0.2, -0.15) is 11.8 Å². The predicted octanol–water partition coefficient (Wildman–Crippen LogP) is 7.92. The Morgan fingerprint density at radius 2 is 0.931 bits per heavy atom. The Morgan fingerprint density at radius 3 is 1.28 bits per heavy atom. The molecule has 0 aromatic carbocycles. The van der Waals surface area contributed by atoms with Gasteiger partial charge in [0.25, 0.3) is 0 Å². The third-order valence-electron chi connectivity index (χ3n) is 5.78. The van der Waals surface area contributed by atoms with Crippen molar-refractivity contribution in [3.63, 3.8) is 0 Å². The molecule has 0 aliphatic heterocycles. The van der Waals surface area contributed by atoms with Crippen molar-refractivity contribution in [1.29, 1.82) is 0 Å². The van der Waals surface area contributed by atoms with Crippen LogP contribution in [-0.4, -0.2) is 17.4 Å². The molecule has 174 valence electrons. The normalized spacial score (nSPS) is 11.1. The fourth-order valence-corrected chi connectivity index (χ4v) is 4.74. The smallest absolute Gasteiger partial charge is 0.234 e. The summed E-state index contributed by atoms with van der Waals surface area (Å²) in [6.45, 7) is 2.29. The molecule has 4 heteroatoms. The zero-order valence-corrected chi connectivity index (χ0v) is 20.5. The summed E-state index contributed by atoms with van der Waals surface area (Å²) in [5, 5.41) is 0. The molecule has 0 radical (unpaired) electrons. The molecule has 0 rings (SSSR count). The molecule has 0 unspecified atom stereocenters. The van der Waals surface area contributed by atoms with Crippen molar-refractivity contribution in [1.82, 2.24) is 5.43 Å². The van der Waals surface area contributed by atoms with Crippen LogP contribution >= 0.6 is 11.8 Å². The molecule has 0 spiro atoms. The molecule has 0 fully saturated rings. The van der Waals surface area contributed by atoms with Crippen LogP contribution in [0.4, 0.5) is 0 Å². The first-order chi connectivity index (χ1) is 14.3. The third kappa shape index (κ3) is 25.7. The van der Waals surface area contributed by atoms with Crippen LogP contribution in [-0.2, 0) is 4.79 Å². The van der Waals surface area contributed by atoms with E-state index in [0.717, 1.165) is 5.75 Å². The minimum absolute atomic E-state index is 0.0546. The van der Waals surface area contributed by atoms with Crippen molar-refractivity contribution in [2.24, 2.45) is 5.84 Å². The fraction of sp³-hybridized carbons (Fsp3) is 0.960. The molecular weight excluding hydrogens is 376 g/mol. The molecule has 0 bridgehead atoms. The van der Waals surface area contributed by atoms with Gasteiger partial charge in [-0.3, -0.25) is 10.2 Å². The summed E-state index contributed by atoms with van der Waals surface area (Å²) in [5.41, 5.74) is 2.18. The lowest BCUT2D eigenvalue weighted by molar-refractivity contribution is -0.120. The lowest BCUT2D eigenvalue weighted by atomic mass is 10.0. The average Bonchev–Trinajstić information content (AvgIpc) is 2.74. The van der Waals surface area contributed by atoms with E-state index in [-0.39, 0.29) is 5.91 Å². The number of hydrogen-bond acceptors (Lipinski definition) is 3. The molecule has 0 aromatic heterocycles. The monoisotopic (exact) mass is 428 g/mol. The number of carbonyl (C=O) groups is 1. The number of hydrazine groups is 1. The molecule has 0 saturated carbocycles. The number of rotatable bonds is 24. The Hall–Kier alpha value is -0.220. The first-order valence-electron chi connectivity index (χ1n) is 12.9. The summed E-state index contributed by atoms with van der Waals surface area (Å²) >= 11 is 1.87. The van der Waals surface area contributed by atoms with Gasteiger partial charge in [0.15, 0.2) is 0 Å². The van der Waals surface area contributed by atoms with Crippen LogP contribution in [0, 0.1) is 0 Å². The molecule has 3 N–H and O–H groups in total. The van der Waals surface area contributed by atoms with Gasteiger partial charge in [-0.25, -0.2) is 5.84 Å². The molecule has 3 nitrogen and oxygen atoms in total. The first-order valence-corrected chi connectivity index (χ1v) is 14.0. The molecule has 0 aromatic rings. The van der Waals surface area contributed by atoms with Gasteiger partial charge in [-0.05, 0) is 12.2 Å². The Morgan fingerprint density at radius 1 is 0.586 bits per heavy atom. The van der Waals surface area contributed by atoms with Gasteiger partial charge in [0.2, 0.25) is 5.91 Å². The summed E-state index contributed by atoms with van der Waals surface area (Å²) in [4.78, 5) is 11.0. The predicted molar refractivity (Wildman–Crippen MR) is 132 cm³/mol. The number of amides is 1. The van der Waals surface area contributed by atoms with Gasteiger partial charge >= 0.3 is 0 Å². The summed E-state index contributed by atoms with van der Waals surface area (Å²) in [6.07, 6.45) is 29.1. The molecule has 1 amide bonds. The molecule has 29 heavy (non-hydrogen) atoms. The summed E-state index contributed by atoms with van der Waals surface area (Å²) in [7, 11) is 0. The van der Waals surface area contributed by atoms with Gasteiger partial charge in [-0.15, -0.1) is 0 Å². The van der Waals surface area contributed by atoms with E-state index >= 15 is 0 Å². The van der Waals surface area contributed by atoms with E-state index in [1.807, 2.05) is 11.8 Å². The van der Waals surface area contributed by atoms with Crippen LogP contribution in [0.5, 0.6) is 0 Å². The van der Waals surface area contributed by atoms with Crippen molar-refractivity contribution in [3.8, 4) is 0 Å². The third-order valence-corrected chi connectivity index (χ3v) is 6.85. The van der Waals surface area contributed by atoms with E-state index in [2.05, 4.69) is 12.3 Å². The van der Waals surface area contributed by atoms with Crippen molar-refractivity contribution in [3.05, 3.63) is 0 Å². The van der Waals surface area contributed by atoms with Crippen molar-refractivity contribution in [2.75, 3.05) is 11.5 Å². The van der Waals surface area contributed by atoms with Crippen LogP contribution in [0.25, 0.3) is 0 Å². The second kappa shape index (κ2) is 25.8. The maximum absolute atomic E-state index is 11.0. The minimum Gasteiger partial charge on any atom is -0.294 e. The van der Waals surface area contributed by atoms with Crippen molar-refractivity contribution < 1.29 is 4.79 Å². The zero-order chi connectivity index (χ0) is 21.3. The summed E-state index contributed by atoms with van der Waals surface area (Å²) in [5.74, 6) is 7.07. The van der Waals surface area contributed by atoms with Crippen LogP contribution in [0.3, 0.4) is 0 Å². The van der Waals surface area contributed by atoms with Gasteiger partial charge in [0, 0.05) is 12.2 Å². The molecule has 0 aliphatic rings. The Kier molecular flexibility index (Phi) is 25.6. The highest BCUT2D eigenvalue weighted by Gasteiger charge is 1.98. The van der Waals surface area contributed by atoms with Crippen molar-refractivity contribution in [2.45, 2.75) is 142 Å². The first kappa shape index (κ1) is 28.8. The number of thioether (sulfide) groups is 1. The Bertz CT molecular complexity index is 326. The van der Waals surface area contributed by atoms with Crippen LogP contribution in [0.1, 0.15) is 142 Å². The fourth-order valence-electron chi connectivity index (χ4n) is 3.80. The van der Waals surface area contributed by atoms with E-state index in [1.165, 1.54) is 134 Å². The maximum atomic E-state index is 11.0. The second-order valence-electron chi connectivity index (χ2n) is 8.65. The molecule has 0 atom stereocenters. The Balaban J connectivity index is 3.01. The second-order valence-corrected chi connectivity index (χ2v) is 9.87. The minimum atomic E-state index is -0.0546. The molecule has 0 aliphatic carbocycles. The van der Waals surface area contributed by atoms with Gasteiger partial charge in [0.1, 0.15) is 0 Å². The van der Waals surface area contributed by atoms with E-state index in [4.69, 9.17) is 5.84 Å². The Labute approximate surface area is 187 Å². The highest BCUT2D eigenvalue weighted by atomic mass is 32.2. The highest BCUT2D eigenvalue weighted by molar-refractivity contribution is 7.99. The molecule has 0 saturated heterocycles. The van der Waals surface area contributed by atoms with Crippen LogP contribution in [0.2, 0.25) is 0 Å². The van der Waals surface area contributed by atoms with E-state index < -0.39 is 0 Å². The zero-order valence-electron chi connectivity index (χ0n) is 19.7. The number of nitrogens with one attached hydrogen (secondary N) is 1. The number of nitrogens with two attached hydrogens (primary N) is 1. The summed E-state index contributed by atoms with van der Waals surface area (Å²) < 4.78 is 0. The quantitative estimate of drug-likeness (QED) is 0.0710. The van der Waals surface area contributed by atoms with Crippen LogP contribution in [0.15, 0.2) is 0 Å². The van der Waals surface area contributed by atoms with Crippen LogP contribution < -0.4 is 11.3 Å². The molecular formula is C25H52N2OS. The van der Waals surface area contributed by atoms with Gasteiger partial charge in [0.05, 0.1) is 0 Å². The largest absolute Gasteiger partial charge is 0.294 e. The standard InChI is InChI=1S/C25H52N2OS/c1-2-3-4-5-6-7-8-9-10-11-12-13-14-15-16-17-18-19-20-21-23-29-24-22-25(28)27-26/h2-24,26H2,1H3,(H,27,28). The SMILES string of the molecule is CCCCCCCCCCCCCCCCCCCCCCSCCC(=O)NN. The molecule has 0 heterocycles. The van der Waals surface area contributed by atoms with Crippen molar-refractivity contribution >= 4 is 17.7 Å². The van der Waals surface area contributed by atoms with E-state index in [9.17, 15) is 4.79 Å². The number of carbonyl (C=O) groups excluding carboxylic acids is 1. The topological polar surface area (TPSA) is 55.1 Å². The van der Waals surface area contributed by atoms with Gasteiger partial charge in [-0.1, -0.05) is 129 Å². The lowest BCUT2D eigenvalue weighted by Gasteiger charge is -2.04. The number of unbranched alkanes of at least 4 members (excludes halogenated alkanes) is 19. The maximum Gasteiger partial charge on any atom is 0.234 e. The van der Waals surface area contributed by atoms with E-state index in [1.54, 1.807) is 0 Å². The number of hydrogen-bond donors (Lipinski definition) is 2. The summed E-state index contributed by atoms with van der Waals surface area (Å²) in [6, 6.07) is 0. The average molecular weight is 429 g/mol. The van der Waals surface area contributed by atoms with E-state index in [0.29, 0.717) is 6.42 Å². The van der Waals surface area contributed by atoms with Gasteiger partial charge < -0.3 is 0 Å². The highest BCUT2D eigenvalue weighted by Crippen LogP contribution is 2.15. The lowest BCUT2D eigenvalue weighted by Crippen LogP contribution is -2.30.